The highest BCUT2D eigenvalue weighted by atomic mass is 16.5. The Morgan fingerprint density at radius 1 is 0.309 bits per heavy atom. The summed E-state index contributed by atoms with van der Waals surface area (Å²) in [6.45, 7) is 13.3. The van der Waals surface area contributed by atoms with E-state index in [-0.39, 0.29) is 0 Å². The minimum absolute atomic E-state index is 0.685. The molecule has 5 aromatic carbocycles. The third kappa shape index (κ3) is 14.7. The molecular weight excluding hydrogens is 845 g/mol. The van der Waals surface area contributed by atoms with Gasteiger partial charge in [0.2, 0.25) is 0 Å². The van der Waals surface area contributed by atoms with Crippen molar-refractivity contribution in [2.24, 2.45) is 0 Å². The summed E-state index contributed by atoms with van der Waals surface area (Å²) in [5.74, 6) is 4.28. The Balaban J connectivity index is 1.34. The Morgan fingerprint density at radius 3 is 0.706 bits per heavy atom. The van der Waals surface area contributed by atoms with E-state index < -0.39 is 0 Å². The second kappa shape index (κ2) is 27.9. The average molecular weight is 921 g/mol. The van der Waals surface area contributed by atoms with Crippen LogP contribution in [0, 0.1) is 0 Å². The predicted molar refractivity (Wildman–Crippen MR) is 291 cm³/mol. The van der Waals surface area contributed by atoms with Crippen LogP contribution in [0.4, 0.5) is 11.4 Å². The summed E-state index contributed by atoms with van der Waals surface area (Å²) in [6.07, 6.45) is 25.9. The molecule has 0 bridgehead atoms. The number of rotatable bonds is 28. The number of hydrogen-bond donors (Lipinski definition) is 0. The molecule has 68 heavy (non-hydrogen) atoms. The largest absolute Gasteiger partial charge is 0.496 e. The van der Waals surface area contributed by atoms with Crippen molar-refractivity contribution < 1.29 is 28.4 Å². The van der Waals surface area contributed by atoms with Gasteiger partial charge < -0.3 is 38.2 Å². The van der Waals surface area contributed by atoms with Gasteiger partial charge in [0.1, 0.15) is 34.5 Å². The molecular formula is C60H76N2O6. The molecule has 0 saturated carbocycles. The quantitative estimate of drug-likeness (QED) is 0.0460. The first kappa shape index (κ1) is 52.4. The molecule has 5 rings (SSSR count). The predicted octanol–water partition coefficient (Wildman–Crippen LogP) is 15.2. The summed E-state index contributed by atoms with van der Waals surface area (Å²) in [7, 11) is 10.1. The summed E-state index contributed by atoms with van der Waals surface area (Å²) < 4.78 is 35.4. The van der Waals surface area contributed by atoms with E-state index in [1.807, 2.05) is 60.7 Å². The zero-order chi connectivity index (χ0) is 48.7. The Hall–Kier alpha value is -6.54. The van der Waals surface area contributed by atoms with Crippen LogP contribution in [0.1, 0.15) is 124 Å². The third-order valence-electron chi connectivity index (χ3n) is 12.2. The van der Waals surface area contributed by atoms with Crippen LogP contribution in [-0.4, -0.2) is 68.8 Å². The molecule has 8 heteroatoms. The molecule has 5 aromatic rings. The smallest absolute Gasteiger partial charge is 0.126 e. The number of unbranched alkanes of at least 4 members (excludes halogenated alkanes) is 4. The number of ether oxygens (including phenoxy) is 6. The van der Waals surface area contributed by atoms with Gasteiger partial charge in [-0.1, -0.05) is 126 Å². The minimum Gasteiger partial charge on any atom is -0.496 e. The molecule has 0 aliphatic heterocycles. The number of nitrogens with zero attached hydrogens (tertiary/aromatic N) is 2. The Kier molecular flexibility index (Phi) is 21.5. The number of benzene rings is 5. The molecule has 0 heterocycles. The normalized spacial score (nSPS) is 11.6. The van der Waals surface area contributed by atoms with Crippen molar-refractivity contribution in [2.45, 2.75) is 79.1 Å². The molecule has 0 spiro atoms. The van der Waals surface area contributed by atoms with Gasteiger partial charge in [-0.15, -0.1) is 0 Å². The van der Waals surface area contributed by atoms with E-state index in [2.05, 4.69) is 110 Å². The maximum atomic E-state index is 5.92. The van der Waals surface area contributed by atoms with E-state index in [0.717, 1.165) is 93.7 Å². The average Bonchev–Trinajstić information content (AvgIpc) is 3.38. The van der Waals surface area contributed by atoms with Crippen molar-refractivity contribution >= 4 is 60.0 Å². The van der Waals surface area contributed by atoms with Crippen LogP contribution in [0.3, 0.4) is 0 Å². The highest BCUT2D eigenvalue weighted by Gasteiger charge is 2.14. The fourth-order valence-corrected chi connectivity index (χ4v) is 8.08. The van der Waals surface area contributed by atoms with Gasteiger partial charge in [-0.05, 0) is 97.5 Å². The maximum absolute atomic E-state index is 5.92. The fourth-order valence-electron chi connectivity index (χ4n) is 8.08. The lowest BCUT2D eigenvalue weighted by atomic mass is 10.0. The fraction of sp³-hybridized carbons (Fsp3) is 0.367. The van der Waals surface area contributed by atoms with E-state index in [0.29, 0.717) is 11.5 Å². The molecule has 0 atom stereocenters. The van der Waals surface area contributed by atoms with Gasteiger partial charge in [0.15, 0.2) is 0 Å². The molecule has 0 fully saturated rings. The number of hydrogen-bond acceptors (Lipinski definition) is 8. The molecule has 0 aliphatic rings. The summed E-state index contributed by atoms with van der Waals surface area (Å²) >= 11 is 0. The monoisotopic (exact) mass is 921 g/mol. The van der Waals surface area contributed by atoms with E-state index in [9.17, 15) is 0 Å². The lowest BCUT2D eigenvalue weighted by Crippen LogP contribution is -2.25. The molecule has 0 radical (unpaired) electrons. The van der Waals surface area contributed by atoms with Crippen LogP contribution < -0.4 is 38.2 Å². The highest BCUT2D eigenvalue weighted by Crippen LogP contribution is 2.37. The molecule has 0 N–H and O–H groups in total. The first-order chi connectivity index (χ1) is 33.3. The molecule has 362 valence electrons. The van der Waals surface area contributed by atoms with E-state index in [1.165, 1.54) is 62.7 Å². The summed E-state index contributed by atoms with van der Waals surface area (Å²) in [5.41, 5.74) is 10.0. The summed E-state index contributed by atoms with van der Waals surface area (Å²) in [4.78, 5) is 5.01. The van der Waals surface area contributed by atoms with Crippen LogP contribution in [0.15, 0.2) is 84.9 Å². The molecule has 0 amide bonds. The topological polar surface area (TPSA) is 61.9 Å². The zero-order valence-electron chi connectivity index (χ0n) is 42.5. The van der Waals surface area contributed by atoms with Crippen molar-refractivity contribution in [1.82, 2.24) is 0 Å². The van der Waals surface area contributed by atoms with Crippen LogP contribution in [0.25, 0.3) is 48.6 Å². The Bertz CT molecular complexity index is 2250. The zero-order valence-corrected chi connectivity index (χ0v) is 42.5. The van der Waals surface area contributed by atoms with Gasteiger partial charge in [0.25, 0.3) is 0 Å². The molecule has 0 saturated heterocycles. The molecule has 0 unspecified atom stereocenters. The van der Waals surface area contributed by atoms with Crippen molar-refractivity contribution in [1.29, 1.82) is 0 Å². The van der Waals surface area contributed by atoms with Gasteiger partial charge in [-0.2, -0.15) is 0 Å². The maximum Gasteiger partial charge on any atom is 0.126 e. The van der Waals surface area contributed by atoms with Gasteiger partial charge in [0, 0.05) is 70.9 Å². The van der Waals surface area contributed by atoms with Crippen LogP contribution in [0.5, 0.6) is 34.5 Å². The molecule has 0 aliphatic carbocycles. The lowest BCUT2D eigenvalue weighted by Gasteiger charge is -2.24. The van der Waals surface area contributed by atoms with Crippen LogP contribution >= 0.6 is 0 Å². The molecule has 0 aromatic heterocycles. The SMILES string of the molecule is CCCCN(CCCC)c1ccc(/C=C/c2cc(OC)c(/C=C/c3cc(OC)c(/C=C/c4cc(OC)c(/C=C/c5ccc(N(CCCC)CCCC)cc5)cc4OC)cc3OC)cc2OC)cc1. The van der Waals surface area contributed by atoms with Gasteiger partial charge in [0.05, 0.1) is 42.7 Å². The van der Waals surface area contributed by atoms with E-state index in [4.69, 9.17) is 28.4 Å². The standard InChI is InChI=1S/C60H76N2O6/c1-11-15-35-61(36-16-12-2)53-31-21-45(22-32-53)19-25-47-39-57(65-7)49(41-55(47)63-5)27-29-51-43-60(68-10)52(44-59(51)67-9)30-28-50-42-56(64-6)48(40-58(50)66-8)26-20-46-23-33-54(34-24-46)62(37-17-13-3)38-18-14-4/h19-34,39-44H,11-18,35-38H2,1-10H3/b25-19+,26-20+,29-27+,30-28+. The first-order valence-electron chi connectivity index (χ1n) is 24.5. The minimum atomic E-state index is 0.685. The summed E-state index contributed by atoms with van der Waals surface area (Å²) in [5, 5.41) is 0. The lowest BCUT2D eigenvalue weighted by molar-refractivity contribution is 0.401. The van der Waals surface area contributed by atoms with Crippen LogP contribution in [-0.2, 0) is 0 Å². The van der Waals surface area contributed by atoms with Gasteiger partial charge in [-0.25, -0.2) is 0 Å². The second-order valence-corrected chi connectivity index (χ2v) is 16.9. The third-order valence-corrected chi connectivity index (χ3v) is 12.2. The number of methoxy groups -OCH3 is 6. The van der Waals surface area contributed by atoms with Crippen molar-refractivity contribution in [2.75, 3.05) is 78.6 Å². The van der Waals surface area contributed by atoms with Gasteiger partial charge in [-0.3, -0.25) is 0 Å². The molecule has 8 nitrogen and oxygen atoms in total. The highest BCUT2D eigenvalue weighted by molar-refractivity contribution is 5.84. The van der Waals surface area contributed by atoms with E-state index >= 15 is 0 Å². The first-order valence-corrected chi connectivity index (χ1v) is 24.5. The number of anilines is 2. The van der Waals surface area contributed by atoms with Crippen molar-refractivity contribution in [3.05, 3.63) is 129 Å². The van der Waals surface area contributed by atoms with Crippen LogP contribution in [0.2, 0.25) is 0 Å². The van der Waals surface area contributed by atoms with E-state index in [1.54, 1.807) is 42.7 Å². The summed E-state index contributed by atoms with van der Waals surface area (Å²) in [6, 6.07) is 29.6. The van der Waals surface area contributed by atoms with Crippen molar-refractivity contribution in [3.8, 4) is 34.5 Å². The second-order valence-electron chi connectivity index (χ2n) is 16.9. The Labute approximate surface area is 408 Å². The van der Waals surface area contributed by atoms with Gasteiger partial charge >= 0.3 is 0 Å². The van der Waals surface area contributed by atoms with Crippen molar-refractivity contribution in [3.63, 3.8) is 0 Å². The Morgan fingerprint density at radius 2 is 0.515 bits per heavy atom.